The van der Waals surface area contributed by atoms with Gasteiger partial charge >= 0.3 is 0 Å². The average Bonchev–Trinajstić information content (AvgIpc) is 2.84. The van der Waals surface area contributed by atoms with Gasteiger partial charge in [-0.25, -0.2) is 9.13 Å². The Morgan fingerprint density at radius 2 is 0.971 bits per heavy atom. The van der Waals surface area contributed by atoms with Gasteiger partial charge in [-0.1, -0.05) is 39.5 Å². The second kappa shape index (κ2) is 16.8. The van der Waals surface area contributed by atoms with Crippen LogP contribution in [0.5, 0.6) is 0 Å². The summed E-state index contributed by atoms with van der Waals surface area (Å²) in [5, 5.41) is 5.89. The van der Waals surface area contributed by atoms with Gasteiger partial charge in [-0.15, -0.1) is 0 Å². The van der Waals surface area contributed by atoms with E-state index in [0.717, 1.165) is 24.5 Å². The summed E-state index contributed by atoms with van der Waals surface area (Å²) >= 11 is 0. The third-order valence-electron chi connectivity index (χ3n) is 5.95. The van der Waals surface area contributed by atoms with Crippen molar-refractivity contribution in [2.24, 2.45) is 0 Å². The molecule has 0 spiro atoms. The van der Waals surface area contributed by atoms with Crippen LogP contribution in [0.25, 0.3) is 0 Å². The number of aromatic nitrogens is 2. The van der Waals surface area contributed by atoms with Crippen molar-refractivity contribution in [2.75, 3.05) is 10.6 Å². The van der Waals surface area contributed by atoms with Gasteiger partial charge in [-0.2, -0.15) is 0 Å². The van der Waals surface area contributed by atoms with Crippen LogP contribution in [0.15, 0.2) is 49.1 Å². The molecule has 6 nitrogen and oxygen atoms in total. The van der Waals surface area contributed by atoms with Gasteiger partial charge in [0.15, 0.2) is 24.8 Å². The maximum atomic E-state index is 12.2. The number of nitrogens with zero attached hydrogens (tertiary/aromatic N) is 2. The lowest BCUT2D eigenvalue weighted by Crippen LogP contribution is -2.32. The van der Waals surface area contributed by atoms with E-state index in [9.17, 15) is 9.59 Å². The van der Waals surface area contributed by atoms with Gasteiger partial charge in [0.1, 0.15) is 13.1 Å². The van der Waals surface area contributed by atoms with Gasteiger partial charge in [0.2, 0.25) is 11.8 Å². The van der Waals surface area contributed by atoms with E-state index >= 15 is 0 Å². The first-order valence-electron chi connectivity index (χ1n) is 13.2. The molecule has 0 aliphatic heterocycles. The number of rotatable bonds is 17. The van der Waals surface area contributed by atoms with Crippen LogP contribution in [0.4, 0.5) is 11.4 Å². The van der Waals surface area contributed by atoms with Crippen LogP contribution < -0.4 is 19.8 Å². The fourth-order valence-electron chi connectivity index (χ4n) is 3.84. The average molecular weight is 469 g/mol. The highest BCUT2D eigenvalue weighted by Gasteiger charge is 2.08. The van der Waals surface area contributed by atoms with Gasteiger partial charge in [0.05, 0.1) is 11.4 Å². The minimum Gasteiger partial charge on any atom is -0.326 e. The number of hydrogen-bond donors (Lipinski definition) is 2. The first-order valence-corrected chi connectivity index (χ1v) is 13.2. The molecule has 2 N–H and O–H groups in total. The molecular weight excluding hydrogens is 424 g/mol. The molecule has 0 unspecified atom stereocenters. The molecule has 0 bridgehead atoms. The van der Waals surface area contributed by atoms with Gasteiger partial charge in [-0.3, -0.25) is 9.59 Å². The van der Waals surface area contributed by atoms with Crippen molar-refractivity contribution in [2.45, 2.75) is 104 Å². The lowest BCUT2D eigenvalue weighted by Gasteiger charge is -2.06. The van der Waals surface area contributed by atoms with E-state index in [1.165, 1.54) is 51.4 Å². The van der Waals surface area contributed by atoms with E-state index in [1.54, 1.807) is 0 Å². The number of unbranched alkanes of at least 4 members (excludes halogenated alkanes) is 7. The van der Waals surface area contributed by atoms with Crippen LogP contribution in [0.1, 0.15) is 90.9 Å². The quantitative estimate of drug-likeness (QED) is 0.236. The van der Waals surface area contributed by atoms with E-state index in [-0.39, 0.29) is 11.8 Å². The molecule has 2 heterocycles. The number of carbonyl (C=O) groups excluding carboxylic acids is 2. The molecule has 0 aromatic carbocycles. The summed E-state index contributed by atoms with van der Waals surface area (Å²) in [5.74, 6) is -0.0136. The lowest BCUT2D eigenvalue weighted by molar-refractivity contribution is -0.697. The summed E-state index contributed by atoms with van der Waals surface area (Å²) in [6.45, 7) is 6.46. The minimum absolute atomic E-state index is 0.00680. The standard InChI is InChI=1S/C28H42N4O2/c1-3-5-7-11-19-31-21-15-25(16-22-31)29-27(33)13-9-10-14-28(34)30-26-17-23-32(24-18-26)20-12-8-6-4-2/h15-18,21-24H,3-14,19-20H2,1-2H3/p+2. The zero-order chi connectivity index (χ0) is 24.4. The molecule has 0 atom stereocenters. The number of anilines is 2. The van der Waals surface area contributed by atoms with E-state index in [4.69, 9.17) is 0 Å². The van der Waals surface area contributed by atoms with E-state index in [2.05, 4.69) is 33.6 Å². The Hall–Kier alpha value is -2.76. The van der Waals surface area contributed by atoms with Crippen molar-refractivity contribution in [1.82, 2.24) is 0 Å². The molecule has 0 saturated carbocycles. The summed E-state index contributed by atoms with van der Waals surface area (Å²) in [6, 6.07) is 7.78. The number of carbonyl (C=O) groups is 2. The highest BCUT2D eigenvalue weighted by atomic mass is 16.2. The summed E-state index contributed by atoms with van der Waals surface area (Å²) in [7, 11) is 0. The monoisotopic (exact) mass is 468 g/mol. The van der Waals surface area contributed by atoms with Crippen LogP contribution in [0.2, 0.25) is 0 Å². The summed E-state index contributed by atoms with van der Waals surface area (Å²) < 4.78 is 4.31. The molecule has 2 amide bonds. The number of hydrogen-bond acceptors (Lipinski definition) is 2. The van der Waals surface area contributed by atoms with E-state index in [1.807, 2.05) is 49.1 Å². The molecule has 0 radical (unpaired) electrons. The van der Waals surface area contributed by atoms with Crippen molar-refractivity contribution in [3.8, 4) is 0 Å². The Balaban J connectivity index is 1.58. The molecule has 2 aromatic heterocycles. The maximum absolute atomic E-state index is 12.2. The van der Waals surface area contributed by atoms with Gasteiger partial charge < -0.3 is 10.6 Å². The molecule has 2 rings (SSSR count). The number of amides is 2. The first-order chi connectivity index (χ1) is 16.6. The lowest BCUT2D eigenvalue weighted by atomic mass is 10.1. The third kappa shape index (κ3) is 11.9. The van der Waals surface area contributed by atoms with Crippen LogP contribution in [-0.4, -0.2) is 11.8 Å². The Morgan fingerprint density at radius 3 is 1.32 bits per heavy atom. The Labute approximate surface area is 205 Å². The molecule has 6 heteroatoms. The van der Waals surface area contributed by atoms with Crippen molar-refractivity contribution in [3.05, 3.63) is 49.1 Å². The van der Waals surface area contributed by atoms with Gasteiger partial charge in [0.25, 0.3) is 0 Å². The molecule has 34 heavy (non-hydrogen) atoms. The highest BCUT2D eigenvalue weighted by Crippen LogP contribution is 2.09. The minimum atomic E-state index is -0.00680. The fraction of sp³-hybridized carbons (Fsp3) is 0.571. The van der Waals surface area contributed by atoms with Crippen molar-refractivity contribution < 1.29 is 18.7 Å². The topological polar surface area (TPSA) is 66.0 Å². The van der Waals surface area contributed by atoms with Crippen LogP contribution in [0, 0.1) is 0 Å². The van der Waals surface area contributed by atoms with E-state index < -0.39 is 0 Å². The second-order valence-corrected chi connectivity index (χ2v) is 9.07. The van der Waals surface area contributed by atoms with Crippen molar-refractivity contribution >= 4 is 23.2 Å². The zero-order valence-electron chi connectivity index (χ0n) is 21.2. The van der Waals surface area contributed by atoms with Crippen molar-refractivity contribution in [1.29, 1.82) is 0 Å². The SMILES string of the molecule is CCCCCC[n+]1ccc(NC(=O)CCCCC(=O)Nc2cc[n+](CCCCCC)cc2)cc1. The zero-order valence-corrected chi connectivity index (χ0v) is 21.2. The summed E-state index contributed by atoms with van der Waals surface area (Å²) in [6.07, 6.45) is 20.2. The molecule has 0 fully saturated rings. The molecule has 0 saturated heterocycles. The second-order valence-electron chi connectivity index (χ2n) is 9.07. The summed E-state index contributed by atoms with van der Waals surface area (Å²) in [4.78, 5) is 24.4. The normalized spacial score (nSPS) is 10.8. The predicted molar refractivity (Wildman–Crippen MR) is 137 cm³/mol. The van der Waals surface area contributed by atoms with E-state index in [0.29, 0.717) is 25.7 Å². The molecule has 0 aliphatic rings. The third-order valence-corrected chi connectivity index (χ3v) is 5.95. The summed E-state index contributed by atoms with van der Waals surface area (Å²) in [5.41, 5.74) is 1.64. The molecule has 2 aromatic rings. The first kappa shape index (κ1) is 27.5. The fourth-order valence-corrected chi connectivity index (χ4v) is 3.84. The number of aryl methyl sites for hydroxylation is 2. The largest absolute Gasteiger partial charge is 0.326 e. The Bertz CT molecular complexity index is 763. The predicted octanol–water partition coefficient (Wildman–Crippen LogP) is 5.56. The molecular formula is C28H44N4O2+2. The smallest absolute Gasteiger partial charge is 0.224 e. The van der Waals surface area contributed by atoms with Gasteiger partial charge in [0, 0.05) is 49.9 Å². The van der Waals surface area contributed by atoms with Crippen LogP contribution >= 0.6 is 0 Å². The van der Waals surface area contributed by atoms with Crippen LogP contribution in [-0.2, 0) is 22.7 Å². The number of pyridine rings is 2. The van der Waals surface area contributed by atoms with Crippen LogP contribution in [0.3, 0.4) is 0 Å². The highest BCUT2D eigenvalue weighted by molar-refractivity contribution is 5.91. The number of nitrogens with one attached hydrogen (secondary N) is 2. The van der Waals surface area contributed by atoms with Gasteiger partial charge in [-0.05, 0) is 25.7 Å². The van der Waals surface area contributed by atoms with Crippen molar-refractivity contribution in [3.63, 3.8) is 0 Å². The molecule has 0 aliphatic carbocycles. The Kier molecular flexibility index (Phi) is 13.6. The maximum Gasteiger partial charge on any atom is 0.224 e. The molecule has 186 valence electrons. The Morgan fingerprint density at radius 1 is 0.588 bits per heavy atom.